The third-order valence-electron chi connectivity index (χ3n) is 3.67. The van der Waals surface area contributed by atoms with Gasteiger partial charge in [0.25, 0.3) is 5.91 Å². The van der Waals surface area contributed by atoms with Gasteiger partial charge in [-0.3, -0.25) is 9.59 Å². The van der Waals surface area contributed by atoms with E-state index in [2.05, 4.69) is 11.4 Å². The molecule has 0 aromatic heterocycles. The zero-order valence-electron chi connectivity index (χ0n) is 14.6. The topological polar surface area (TPSA) is 55.4 Å². The number of amides is 1. The van der Waals surface area contributed by atoms with Crippen LogP contribution in [-0.4, -0.2) is 17.8 Å². The molecule has 24 heavy (non-hydrogen) atoms. The summed E-state index contributed by atoms with van der Waals surface area (Å²) in [6.07, 6.45) is -0.0437. The number of anilines is 1. The molecule has 2 aromatic carbocycles. The fraction of sp³-hybridized carbons (Fsp3) is 0.300. The first-order valence-corrected chi connectivity index (χ1v) is 8.06. The Kier molecular flexibility index (Phi) is 5.74. The zero-order chi connectivity index (χ0) is 17.7. The number of carbonyl (C=O) groups excluding carboxylic acids is 2. The van der Waals surface area contributed by atoms with Crippen molar-refractivity contribution in [2.45, 2.75) is 40.2 Å². The van der Waals surface area contributed by atoms with Gasteiger partial charge < -0.3 is 10.1 Å². The zero-order valence-corrected chi connectivity index (χ0v) is 14.6. The number of ketones is 1. The van der Waals surface area contributed by atoms with Crippen molar-refractivity contribution in [3.63, 3.8) is 0 Å². The predicted molar refractivity (Wildman–Crippen MR) is 95.7 cm³/mol. The third kappa shape index (κ3) is 4.69. The van der Waals surface area contributed by atoms with Gasteiger partial charge in [-0.15, -0.1) is 0 Å². The van der Waals surface area contributed by atoms with Crippen molar-refractivity contribution in [3.05, 3.63) is 59.2 Å². The smallest absolute Gasteiger partial charge is 0.265 e. The highest BCUT2D eigenvalue weighted by Gasteiger charge is 2.19. The number of carbonyl (C=O) groups is 2. The van der Waals surface area contributed by atoms with E-state index < -0.39 is 6.10 Å². The van der Waals surface area contributed by atoms with E-state index in [9.17, 15) is 9.59 Å². The molecule has 1 N–H and O–H groups in total. The molecule has 0 fully saturated rings. The summed E-state index contributed by atoms with van der Waals surface area (Å²) in [5, 5.41) is 2.82. The van der Waals surface area contributed by atoms with Crippen molar-refractivity contribution < 1.29 is 14.3 Å². The molecule has 4 heteroatoms. The number of hydrogen-bond donors (Lipinski definition) is 1. The van der Waals surface area contributed by atoms with Crippen LogP contribution in [0.5, 0.6) is 5.75 Å². The second-order valence-corrected chi connectivity index (χ2v) is 5.96. The number of hydrogen-bond acceptors (Lipinski definition) is 3. The Morgan fingerprint density at radius 3 is 2.33 bits per heavy atom. The average Bonchev–Trinajstić information content (AvgIpc) is 2.51. The van der Waals surface area contributed by atoms with E-state index in [-0.39, 0.29) is 11.7 Å². The summed E-state index contributed by atoms with van der Waals surface area (Å²) in [6.45, 7) is 7.39. The average molecular weight is 325 g/mol. The summed E-state index contributed by atoms with van der Waals surface area (Å²) in [5.74, 6) is 0.425. The van der Waals surface area contributed by atoms with E-state index in [1.165, 1.54) is 6.92 Å². The van der Waals surface area contributed by atoms with Gasteiger partial charge >= 0.3 is 0 Å². The molecule has 0 aliphatic heterocycles. The Bertz CT molecular complexity index is 732. The van der Waals surface area contributed by atoms with Gasteiger partial charge in [-0.1, -0.05) is 25.1 Å². The first kappa shape index (κ1) is 17.7. The summed E-state index contributed by atoms with van der Waals surface area (Å²) in [6, 6.07) is 12.8. The van der Waals surface area contributed by atoms with Crippen LogP contribution in [0.3, 0.4) is 0 Å². The summed E-state index contributed by atoms with van der Waals surface area (Å²) in [4.78, 5) is 23.9. The van der Waals surface area contributed by atoms with Gasteiger partial charge in [0.05, 0.1) is 0 Å². The van der Waals surface area contributed by atoms with Crippen LogP contribution in [0.15, 0.2) is 42.5 Å². The van der Waals surface area contributed by atoms with E-state index in [1.807, 2.05) is 32.9 Å². The molecular weight excluding hydrogens is 302 g/mol. The number of aryl methyl sites for hydroxylation is 2. The van der Waals surface area contributed by atoms with Gasteiger partial charge in [0.15, 0.2) is 11.9 Å². The molecule has 4 nitrogen and oxygen atoms in total. The van der Waals surface area contributed by atoms with Crippen LogP contribution in [-0.2, 0) is 4.79 Å². The monoisotopic (exact) mass is 325 g/mol. The van der Waals surface area contributed by atoms with Crippen LogP contribution in [0.2, 0.25) is 0 Å². The fourth-order valence-corrected chi connectivity index (χ4v) is 2.53. The lowest BCUT2D eigenvalue weighted by Gasteiger charge is -2.18. The minimum absolute atomic E-state index is 0.0374. The van der Waals surface area contributed by atoms with Gasteiger partial charge in [-0.25, -0.2) is 0 Å². The van der Waals surface area contributed by atoms with Crippen molar-refractivity contribution in [1.29, 1.82) is 0 Å². The van der Waals surface area contributed by atoms with Gasteiger partial charge in [-0.05, 0) is 62.6 Å². The molecule has 2 aromatic rings. The van der Waals surface area contributed by atoms with E-state index in [0.29, 0.717) is 23.4 Å². The second kappa shape index (κ2) is 7.77. The maximum atomic E-state index is 12.5. The quantitative estimate of drug-likeness (QED) is 0.806. The fourth-order valence-electron chi connectivity index (χ4n) is 2.53. The SMILES string of the molecule is CCC(Oc1cc(C)cc(C)c1)C(=O)Nc1cccc(C(C)=O)c1. The highest BCUT2D eigenvalue weighted by molar-refractivity contribution is 5.98. The molecule has 0 aliphatic rings. The maximum Gasteiger partial charge on any atom is 0.265 e. The van der Waals surface area contributed by atoms with Crippen LogP contribution >= 0.6 is 0 Å². The van der Waals surface area contributed by atoms with Crippen molar-refractivity contribution >= 4 is 17.4 Å². The minimum Gasteiger partial charge on any atom is -0.481 e. The molecule has 0 bridgehead atoms. The Labute approximate surface area is 142 Å². The number of Topliss-reactive ketones (excluding diaryl/α,β-unsaturated/α-hetero) is 1. The molecule has 0 saturated heterocycles. The Morgan fingerprint density at radius 1 is 1.08 bits per heavy atom. The third-order valence-corrected chi connectivity index (χ3v) is 3.67. The van der Waals surface area contributed by atoms with Gasteiger partial charge in [0.2, 0.25) is 0 Å². The van der Waals surface area contributed by atoms with Crippen molar-refractivity contribution in [2.75, 3.05) is 5.32 Å². The summed E-state index contributed by atoms with van der Waals surface area (Å²) in [7, 11) is 0. The van der Waals surface area contributed by atoms with Crippen LogP contribution in [0.1, 0.15) is 41.8 Å². The largest absolute Gasteiger partial charge is 0.481 e. The summed E-state index contributed by atoms with van der Waals surface area (Å²) in [5.41, 5.74) is 3.34. The molecule has 1 amide bonds. The van der Waals surface area contributed by atoms with Crippen molar-refractivity contribution in [3.8, 4) is 5.75 Å². The molecule has 126 valence electrons. The van der Waals surface area contributed by atoms with E-state index >= 15 is 0 Å². The van der Waals surface area contributed by atoms with Crippen LogP contribution < -0.4 is 10.1 Å². The number of ether oxygens (including phenoxy) is 1. The molecule has 0 spiro atoms. The molecule has 1 atom stereocenters. The number of rotatable bonds is 6. The minimum atomic E-state index is -0.591. The first-order chi connectivity index (χ1) is 11.4. The maximum absolute atomic E-state index is 12.5. The Balaban J connectivity index is 2.11. The summed E-state index contributed by atoms with van der Waals surface area (Å²) < 4.78 is 5.86. The van der Waals surface area contributed by atoms with E-state index in [1.54, 1.807) is 24.3 Å². The predicted octanol–water partition coefficient (Wildman–Crippen LogP) is 4.30. The number of nitrogens with one attached hydrogen (secondary N) is 1. The van der Waals surface area contributed by atoms with Gasteiger partial charge in [0, 0.05) is 11.3 Å². The van der Waals surface area contributed by atoms with Crippen LogP contribution in [0, 0.1) is 13.8 Å². The molecule has 0 aliphatic carbocycles. The van der Waals surface area contributed by atoms with Crippen LogP contribution in [0.25, 0.3) is 0 Å². The first-order valence-electron chi connectivity index (χ1n) is 8.06. The van der Waals surface area contributed by atoms with Gasteiger partial charge in [0.1, 0.15) is 5.75 Å². The molecule has 0 heterocycles. The standard InChI is InChI=1S/C20H23NO3/c1-5-19(24-18-10-13(2)9-14(3)11-18)20(23)21-17-8-6-7-16(12-17)15(4)22/h6-12,19H,5H2,1-4H3,(H,21,23). The Hall–Kier alpha value is -2.62. The number of benzene rings is 2. The van der Waals surface area contributed by atoms with Crippen LogP contribution in [0.4, 0.5) is 5.69 Å². The lowest BCUT2D eigenvalue weighted by molar-refractivity contribution is -0.122. The van der Waals surface area contributed by atoms with Gasteiger partial charge in [-0.2, -0.15) is 0 Å². The lowest BCUT2D eigenvalue weighted by atomic mass is 10.1. The highest BCUT2D eigenvalue weighted by atomic mass is 16.5. The summed E-state index contributed by atoms with van der Waals surface area (Å²) >= 11 is 0. The molecule has 2 rings (SSSR count). The normalized spacial score (nSPS) is 11.7. The van der Waals surface area contributed by atoms with Crippen molar-refractivity contribution in [2.24, 2.45) is 0 Å². The second-order valence-electron chi connectivity index (χ2n) is 5.96. The van der Waals surface area contributed by atoms with E-state index in [4.69, 9.17) is 4.74 Å². The lowest BCUT2D eigenvalue weighted by Crippen LogP contribution is -2.32. The highest BCUT2D eigenvalue weighted by Crippen LogP contribution is 2.19. The van der Waals surface area contributed by atoms with Crippen molar-refractivity contribution in [1.82, 2.24) is 0 Å². The molecule has 0 saturated carbocycles. The Morgan fingerprint density at radius 2 is 1.75 bits per heavy atom. The van der Waals surface area contributed by atoms with E-state index in [0.717, 1.165) is 11.1 Å². The molecule has 0 radical (unpaired) electrons. The molecular formula is C20H23NO3. The molecule has 1 unspecified atom stereocenters.